The summed E-state index contributed by atoms with van der Waals surface area (Å²) in [6.07, 6.45) is -9.09. The van der Waals surface area contributed by atoms with Gasteiger partial charge in [0.2, 0.25) is 11.8 Å². The number of aliphatic hydroxyl groups excluding tert-OH is 4. The first kappa shape index (κ1) is 45.3. The maximum atomic E-state index is 13.7. The summed E-state index contributed by atoms with van der Waals surface area (Å²) < 4.78 is 6.23. The number of nitrogens with zero attached hydrogens (tertiary/aromatic N) is 2. The molecule has 1 aromatic rings. The number of aromatic amines is 1. The van der Waals surface area contributed by atoms with Crippen LogP contribution >= 0.6 is 0 Å². The maximum absolute atomic E-state index is 13.7. The Morgan fingerprint density at radius 2 is 1.59 bits per heavy atom. The number of carboxylic acid groups (broad SMARTS) is 2. The van der Waals surface area contributed by atoms with Crippen LogP contribution in [0.2, 0.25) is 0 Å². The molecule has 1 fully saturated rings. The molecule has 11 atom stereocenters. The van der Waals surface area contributed by atoms with E-state index in [2.05, 4.69) is 36.9 Å². The van der Waals surface area contributed by atoms with Crippen molar-refractivity contribution in [3.63, 3.8) is 0 Å². The first-order chi connectivity index (χ1) is 26.2. The van der Waals surface area contributed by atoms with E-state index in [9.17, 15) is 64.2 Å². The first-order valence-corrected chi connectivity index (χ1v) is 17.8. The number of ether oxygens (including phenoxy) is 1. The van der Waals surface area contributed by atoms with Crippen LogP contribution in [0.4, 0.5) is 4.79 Å². The van der Waals surface area contributed by atoms with Gasteiger partial charge in [0, 0.05) is 25.4 Å². The highest BCUT2D eigenvalue weighted by Crippen LogP contribution is 2.31. The molecule has 24 nitrogen and oxygen atoms in total. The second-order valence-electron chi connectivity index (χ2n) is 14.1. The van der Waals surface area contributed by atoms with Crippen molar-refractivity contribution in [2.75, 3.05) is 19.6 Å². The molecular formula is C32H52N10O14. The van der Waals surface area contributed by atoms with Crippen LogP contribution in [0.3, 0.4) is 0 Å². The number of aromatic nitrogens is 2. The molecule has 0 saturated carbocycles. The number of nitrogens with one attached hydrogen (secondary N) is 7. The Morgan fingerprint density at radius 1 is 0.929 bits per heavy atom. The Labute approximate surface area is 319 Å². The summed E-state index contributed by atoms with van der Waals surface area (Å²) in [4.78, 5) is 93.2. The van der Waals surface area contributed by atoms with Crippen molar-refractivity contribution in [3.05, 3.63) is 33.1 Å². The van der Waals surface area contributed by atoms with Crippen molar-refractivity contribution in [1.82, 2.24) is 41.5 Å². The van der Waals surface area contributed by atoms with E-state index in [1.807, 2.05) is 4.98 Å². The summed E-state index contributed by atoms with van der Waals surface area (Å²) in [5.41, 5.74) is 4.07. The van der Waals surface area contributed by atoms with E-state index in [1.54, 1.807) is 27.7 Å². The fourth-order valence-corrected chi connectivity index (χ4v) is 6.04. The van der Waals surface area contributed by atoms with E-state index in [0.29, 0.717) is 0 Å². The summed E-state index contributed by atoms with van der Waals surface area (Å²) in [5, 5.41) is 77.2. The number of nitrogens with two attached hydrogens (primary N) is 1. The number of urea groups is 1. The number of rotatable bonds is 19. The quantitative estimate of drug-likeness (QED) is 0.0579. The minimum Gasteiger partial charge on any atom is -0.480 e. The molecule has 2 aliphatic heterocycles. The lowest BCUT2D eigenvalue weighted by atomic mass is 9.97. The summed E-state index contributed by atoms with van der Waals surface area (Å²) in [6, 6.07) is -6.95. The first-order valence-electron chi connectivity index (χ1n) is 17.8. The molecule has 1 saturated heterocycles. The summed E-state index contributed by atoms with van der Waals surface area (Å²) in [7, 11) is 0. The highest BCUT2D eigenvalue weighted by molar-refractivity contribution is 5.94. The molecule has 3 heterocycles. The van der Waals surface area contributed by atoms with Crippen LogP contribution < -0.4 is 48.9 Å². The average molecular weight is 801 g/mol. The van der Waals surface area contributed by atoms with Gasteiger partial charge in [-0.2, -0.15) is 0 Å². The van der Waals surface area contributed by atoms with Crippen LogP contribution in [0.1, 0.15) is 46.8 Å². The van der Waals surface area contributed by atoms with Crippen LogP contribution in [-0.4, -0.2) is 156 Å². The molecule has 0 aliphatic carbocycles. The third-order valence-electron chi connectivity index (χ3n) is 9.21. The molecule has 24 heteroatoms. The second kappa shape index (κ2) is 20.1. The molecular weight excluding hydrogens is 748 g/mol. The number of aliphatic imine (C=N–C) groups is 1. The van der Waals surface area contributed by atoms with Crippen molar-refractivity contribution < 1.29 is 59.3 Å². The third-order valence-corrected chi connectivity index (χ3v) is 9.21. The Balaban J connectivity index is 1.65. The molecule has 2 aliphatic rings. The van der Waals surface area contributed by atoms with Gasteiger partial charge in [0.25, 0.3) is 5.56 Å². The number of guanidine groups is 1. The van der Waals surface area contributed by atoms with Crippen LogP contribution in [0.5, 0.6) is 0 Å². The van der Waals surface area contributed by atoms with Gasteiger partial charge >= 0.3 is 23.7 Å². The average Bonchev–Trinajstić information content (AvgIpc) is 3.41. The number of carbonyl (C=O) groups is 5. The van der Waals surface area contributed by atoms with Crippen LogP contribution in [0.15, 0.2) is 26.8 Å². The lowest BCUT2D eigenvalue weighted by Crippen LogP contribution is -2.66. The number of amides is 4. The lowest BCUT2D eigenvalue weighted by Gasteiger charge is -2.33. The number of carboxylic acids is 2. The number of hydrogen-bond acceptors (Lipinski definition) is 16. The van der Waals surface area contributed by atoms with Crippen molar-refractivity contribution in [2.24, 2.45) is 22.6 Å². The molecule has 0 bridgehead atoms. The predicted molar refractivity (Wildman–Crippen MR) is 193 cm³/mol. The fraction of sp³-hybridized carbons (Fsp3) is 0.688. The number of hydrogen-bond donors (Lipinski definition) is 14. The largest absolute Gasteiger partial charge is 0.480 e. The van der Waals surface area contributed by atoms with Gasteiger partial charge in [0.05, 0.1) is 12.1 Å². The zero-order chi connectivity index (χ0) is 42.0. The van der Waals surface area contributed by atoms with Crippen LogP contribution in [0, 0.1) is 11.8 Å². The molecule has 0 radical (unpaired) electrons. The minimum absolute atomic E-state index is 0.0222. The fourth-order valence-electron chi connectivity index (χ4n) is 6.04. The predicted octanol–water partition coefficient (Wildman–Crippen LogP) is -5.98. The molecule has 15 N–H and O–H groups in total. The monoisotopic (exact) mass is 800 g/mol. The minimum atomic E-state index is -1.97. The van der Waals surface area contributed by atoms with E-state index < -0.39 is 120 Å². The Kier molecular flexibility index (Phi) is 16.3. The summed E-state index contributed by atoms with van der Waals surface area (Å²) in [6.45, 7) is 6.21. The van der Waals surface area contributed by atoms with Gasteiger partial charge in [0.15, 0.2) is 12.2 Å². The van der Waals surface area contributed by atoms with Gasteiger partial charge in [0.1, 0.15) is 48.6 Å². The summed E-state index contributed by atoms with van der Waals surface area (Å²) >= 11 is 0. The van der Waals surface area contributed by atoms with Gasteiger partial charge in [-0.15, -0.1) is 0 Å². The normalized spacial score (nSPS) is 24.1. The third kappa shape index (κ3) is 11.7. The molecule has 0 aromatic carbocycles. The van der Waals surface area contributed by atoms with Crippen molar-refractivity contribution >= 4 is 35.7 Å². The maximum Gasteiger partial charge on any atom is 0.330 e. The van der Waals surface area contributed by atoms with Gasteiger partial charge in [-0.05, 0) is 31.2 Å². The molecule has 0 unspecified atom stereocenters. The van der Waals surface area contributed by atoms with Gasteiger partial charge in [-0.3, -0.25) is 33.7 Å². The highest BCUT2D eigenvalue weighted by Gasteiger charge is 2.50. The second-order valence-corrected chi connectivity index (χ2v) is 14.1. The van der Waals surface area contributed by atoms with Crippen LogP contribution in [0.25, 0.3) is 0 Å². The van der Waals surface area contributed by atoms with E-state index in [1.165, 1.54) is 0 Å². The highest BCUT2D eigenvalue weighted by atomic mass is 16.6. The van der Waals surface area contributed by atoms with Crippen molar-refractivity contribution in [1.29, 1.82) is 0 Å². The smallest absolute Gasteiger partial charge is 0.330 e. The molecule has 3 rings (SSSR count). The number of carbonyl (C=O) groups excluding carboxylic acids is 3. The SMILES string of the molecule is CC(C)[C@H](NC(=O)N[C@H](C(=O)N[C@H](C(=O)NCCCN[C@H](C(=O)O)[C@H](O)[C@H]1O[C@@H](n2ccc(=O)[nH]c2=O)[C@H](O)[C@@H]1O)[C@@H](O)C(C)C)[C@@H]1CCN=C(N)N1)C(=O)O. The summed E-state index contributed by atoms with van der Waals surface area (Å²) in [5.74, 6) is -5.73. The molecule has 4 amide bonds. The Hall–Kier alpha value is -5.14. The van der Waals surface area contributed by atoms with E-state index >= 15 is 0 Å². The number of H-pyrrole nitrogens is 1. The molecule has 56 heavy (non-hydrogen) atoms. The molecule has 1 aromatic heterocycles. The number of aliphatic carboxylic acids is 2. The van der Waals surface area contributed by atoms with E-state index in [-0.39, 0.29) is 38.4 Å². The molecule has 314 valence electrons. The zero-order valence-corrected chi connectivity index (χ0v) is 31.1. The Morgan fingerprint density at radius 3 is 2.16 bits per heavy atom. The van der Waals surface area contributed by atoms with E-state index in [0.717, 1.165) is 16.8 Å². The lowest BCUT2D eigenvalue weighted by molar-refractivity contribution is -0.149. The Bertz CT molecular complexity index is 1700. The van der Waals surface area contributed by atoms with Gasteiger partial charge in [-0.25, -0.2) is 14.4 Å². The van der Waals surface area contributed by atoms with Crippen molar-refractivity contribution in [2.45, 2.75) is 107 Å². The topological polar surface area (TPSA) is 381 Å². The van der Waals surface area contributed by atoms with Gasteiger partial charge < -0.3 is 73.0 Å². The molecule has 0 spiro atoms. The number of aliphatic hydroxyl groups is 4. The standard InChI is InChI=1S/C32H52N10O14/c1-12(2)16(28(50)51)40-31(54)41-17(14-6-10-36-30(33)37-14)26(49)39-18(20(44)13(3)4)25(48)35-9-5-8-34-19(29(52)53)21(45)24-22(46)23(47)27(56-24)42-11-7-15(43)38-32(42)55/h7,11-14,16-24,27,34,44-47H,5-6,8-10H2,1-4H3,(H,35,48)(H,39,49)(H,50,51)(H,52,53)(H3,33,36,37)(H,38,43,55)(H2,40,41,54)/t14-,16-,17-,18-,19-,20-,21-,22-,23+,24+,27+/m0/s1. The zero-order valence-electron chi connectivity index (χ0n) is 31.1. The van der Waals surface area contributed by atoms with Crippen molar-refractivity contribution in [3.8, 4) is 0 Å². The van der Waals surface area contributed by atoms with Crippen LogP contribution in [-0.2, 0) is 23.9 Å². The van der Waals surface area contributed by atoms with Gasteiger partial charge in [-0.1, -0.05) is 27.7 Å². The van der Waals surface area contributed by atoms with E-state index in [4.69, 9.17) is 10.5 Å².